The number of nitrogen functional groups attached to an aromatic ring is 1. The van der Waals surface area contributed by atoms with Gasteiger partial charge < -0.3 is 20.3 Å². The van der Waals surface area contributed by atoms with E-state index >= 15 is 0 Å². The van der Waals surface area contributed by atoms with Gasteiger partial charge in [-0.25, -0.2) is 0 Å². The number of methoxy groups -OCH3 is 1. The Morgan fingerprint density at radius 1 is 1.17 bits per heavy atom. The zero-order valence-electron chi connectivity index (χ0n) is 13.1. The van der Waals surface area contributed by atoms with Crippen LogP contribution in [0.3, 0.4) is 0 Å². The molecule has 1 amide bonds. The summed E-state index contributed by atoms with van der Waals surface area (Å²) in [7, 11) is 1.67. The minimum atomic E-state index is -0.0374. The largest absolute Gasteiger partial charge is 0.495 e. The quantitative estimate of drug-likeness (QED) is 0.933. The molecule has 2 heterocycles. The first-order valence-electron chi connectivity index (χ1n) is 7.57. The standard InChI is InChI=1S/C17H20N4O2/c1-23-16-5-3-2-4-15(16)20-8-10-21(11-9-20)17(22)13-6-7-19-12-14(13)18/h2-7,12H,8-11,18H2,1H3. The second-order valence-electron chi connectivity index (χ2n) is 5.41. The third kappa shape index (κ3) is 3.06. The molecule has 0 saturated carbocycles. The lowest BCUT2D eigenvalue weighted by atomic mass is 10.1. The van der Waals surface area contributed by atoms with E-state index in [0.29, 0.717) is 24.3 Å². The number of nitrogens with two attached hydrogens (primary N) is 1. The van der Waals surface area contributed by atoms with Gasteiger partial charge in [0, 0.05) is 32.4 Å². The predicted octanol–water partition coefficient (Wildman–Crippen LogP) is 1.63. The van der Waals surface area contributed by atoms with Crippen molar-refractivity contribution in [3.63, 3.8) is 0 Å². The van der Waals surface area contributed by atoms with Crippen molar-refractivity contribution in [1.29, 1.82) is 0 Å². The van der Waals surface area contributed by atoms with Crippen LogP contribution in [0.4, 0.5) is 11.4 Å². The minimum absolute atomic E-state index is 0.0374. The second-order valence-corrected chi connectivity index (χ2v) is 5.41. The van der Waals surface area contributed by atoms with Crippen LogP contribution in [0.15, 0.2) is 42.7 Å². The molecular weight excluding hydrogens is 292 g/mol. The summed E-state index contributed by atoms with van der Waals surface area (Å²) in [5.74, 6) is 0.815. The molecule has 1 aromatic heterocycles. The molecule has 0 aliphatic carbocycles. The smallest absolute Gasteiger partial charge is 0.256 e. The second kappa shape index (κ2) is 6.56. The fourth-order valence-electron chi connectivity index (χ4n) is 2.81. The zero-order chi connectivity index (χ0) is 16.2. The highest BCUT2D eigenvalue weighted by molar-refractivity contribution is 5.99. The lowest BCUT2D eigenvalue weighted by Crippen LogP contribution is -2.49. The molecule has 0 atom stereocenters. The Bertz CT molecular complexity index is 696. The molecule has 2 N–H and O–H groups in total. The monoisotopic (exact) mass is 312 g/mol. The summed E-state index contributed by atoms with van der Waals surface area (Å²) in [5, 5.41) is 0. The molecule has 3 rings (SSSR count). The van der Waals surface area contributed by atoms with Gasteiger partial charge in [0.15, 0.2) is 0 Å². The van der Waals surface area contributed by atoms with E-state index in [1.807, 2.05) is 29.2 Å². The van der Waals surface area contributed by atoms with E-state index < -0.39 is 0 Å². The van der Waals surface area contributed by atoms with Crippen LogP contribution in [-0.2, 0) is 0 Å². The van der Waals surface area contributed by atoms with Crippen molar-refractivity contribution < 1.29 is 9.53 Å². The highest BCUT2D eigenvalue weighted by Crippen LogP contribution is 2.28. The number of anilines is 2. The summed E-state index contributed by atoms with van der Waals surface area (Å²) in [6.45, 7) is 2.82. The first kappa shape index (κ1) is 15.1. The summed E-state index contributed by atoms with van der Waals surface area (Å²) in [6.07, 6.45) is 3.10. The molecule has 0 unspecified atom stereocenters. The SMILES string of the molecule is COc1ccccc1N1CCN(C(=O)c2ccncc2N)CC1. The normalized spacial score (nSPS) is 14.7. The number of ether oxygens (including phenoxy) is 1. The molecule has 1 saturated heterocycles. The Labute approximate surface area is 135 Å². The summed E-state index contributed by atoms with van der Waals surface area (Å²) in [6, 6.07) is 9.60. The van der Waals surface area contributed by atoms with E-state index in [-0.39, 0.29) is 5.91 Å². The lowest BCUT2D eigenvalue weighted by Gasteiger charge is -2.36. The number of rotatable bonds is 3. The summed E-state index contributed by atoms with van der Waals surface area (Å²) >= 11 is 0. The highest BCUT2D eigenvalue weighted by atomic mass is 16.5. The Morgan fingerprint density at radius 3 is 2.61 bits per heavy atom. The third-order valence-electron chi connectivity index (χ3n) is 4.08. The maximum atomic E-state index is 12.6. The number of benzene rings is 1. The molecule has 2 aromatic rings. The van der Waals surface area contributed by atoms with E-state index in [2.05, 4.69) is 9.88 Å². The van der Waals surface area contributed by atoms with Gasteiger partial charge in [-0.2, -0.15) is 0 Å². The van der Waals surface area contributed by atoms with E-state index in [1.165, 1.54) is 6.20 Å². The van der Waals surface area contributed by atoms with E-state index in [9.17, 15) is 4.79 Å². The number of nitrogens with zero attached hydrogens (tertiary/aromatic N) is 3. The maximum Gasteiger partial charge on any atom is 0.256 e. The van der Waals surface area contributed by atoms with Gasteiger partial charge >= 0.3 is 0 Å². The summed E-state index contributed by atoms with van der Waals surface area (Å²) in [4.78, 5) is 20.6. The fourth-order valence-corrected chi connectivity index (χ4v) is 2.81. The topological polar surface area (TPSA) is 71.7 Å². The lowest BCUT2D eigenvalue weighted by molar-refractivity contribution is 0.0747. The van der Waals surface area contributed by atoms with Crippen molar-refractivity contribution in [2.24, 2.45) is 0 Å². The average Bonchev–Trinajstić information content (AvgIpc) is 2.61. The molecule has 1 aliphatic rings. The number of hydrogen-bond acceptors (Lipinski definition) is 5. The number of carbonyl (C=O) groups excluding carboxylic acids is 1. The Balaban J connectivity index is 1.69. The molecule has 6 heteroatoms. The number of carbonyl (C=O) groups is 1. The van der Waals surface area contributed by atoms with Crippen LogP contribution in [0.2, 0.25) is 0 Å². The Morgan fingerprint density at radius 2 is 1.91 bits per heavy atom. The van der Waals surface area contributed by atoms with Crippen molar-refractivity contribution in [1.82, 2.24) is 9.88 Å². The average molecular weight is 312 g/mol. The fraction of sp³-hybridized carbons (Fsp3) is 0.294. The molecule has 23 heavy (non-hydrogen) atoms. The molecule has 1 aliphatic heterocycles. The van der Waals surface area contributed by atoms with Crippen molar-refractivity contribution in [3.05, 3.63) is 48.3 Å². The summed E-state index contributed by atoms with van der Waals surface area (Å²) in [5.41, 5.74) is 7.85. The number of para-hydroxylation sites is 2. The van der Waals surface area contributed by atoms with Gasteiger partial charge in [0.05, 0.1) is 30.2 Å². The van der Waals surface area contributed by atoms with E-state index in [4.69, 9.17) is 10.5 Å². The van der Waals surface area contributed by atoms with E-state index in [0.717, 1.165) is 24.5 Å². The number of hydrogen-bond donors (Lipinski definition) is 1. The molecule has 6 nitrogen and oxygen atoms in total. The first-order chi connectivity index (χ1) is 11.2. The van der Waals surface area contributed by atoms with Gasteiger partial charge in [-0.3, -0.25) is 9.78 Å². The van der Waals surface area contributed by atoms with Crippen molar-refractivity contribution in [2.75, 3.05) is 43.9 Å². The van der Waals surface area contributed by atoms with Gasteiger partial charge in [0.25, 0.3) is 5.91 Å². The zero-order valence-corrected chi connectivity index (χ0v) is 13.1. The van der Waals surface area contributed by atoms with Crippen LogP contribution >= 0.6 is 0 Å². The van der Waals surface area contributed by atoms with Gasteiger partial charge in [-0.1, -0.05) is 12.1 Å². The van der Waals surface area contributed by atoms with Crippen molar-refractivity contribution >= 4 is 17.3 Å². The highest BCUT2D eigenvalue weighted by Gasteiger charge is 2.24. The van der Waals surface area contributed by atoms with Crippen molar-refractivity contribution in [3.8, 4) is 5.75 Å². The predicted molar refractivity (Wildman–Crippen MR) is 89.8 cm³/mol. The van der Waals surface area contributed by atoms with Gasteiger partial charge in [-0.05, 0) is 18.2 Å². The van der Waals surface area contributed by atoms with Crippen LogP contribution in [0, 0.1) is 0 Å². The van der Waals surface area contributed by atoms with Crippen LogP contribution < -0.4 is 15.4 Å². The molecule has 0 bridgehead atoms. The van der Waals surface area contributed by atoms with Gasteiger partial charge in [0.2, 0.25) is 0 Å². The number of amides is 1. The number of piperazine rings is 1. The molecule has 1 aromatic carbocycles. The first-order valence-corrected chi connectivity index (χ1v) is 7.57. The molecular formula is C17H20N4O2. The van der Waals surface area contributed by atoms with Crippen LogP contribution in [-0.4, -0.2) is 49.1 Å². The summed E-state index contributed by atoms with van der Waals surface area (Å²) < 4.78 is 5.41. The molecule has 120 valence electrons. The van der Waals surface area contributed by atoms with E-state index in [1.54, 1.807) is 19.4 Å². The molecule has 0 spiro atoms. The van der Waals surface area contributed by atoms with Gasteiger partial charge in [-0.15, -0.1) is 0 Å². The van der Waals surface area contributed by atoms with Crippen molar-refractivity contribution in [2.45, 2.75) is 0 Å². The third-order valence-corrected chi connectivity index (χ3v) is 4.08. The van der Waals surface area contributed by atoms with Crippen LogP contribution in [0.5, 0.6) is 5.75 Å². The number of pyridine rings is 1. The Hall–Kier alpha value is -2.76. The molecule has 0 radical (unpaired) electrons. The maximum absolute atomic E-state index is 12.6. The van der Waals surface area contributed by atoms with Crippen LogP contribution in [0.25, 0.3) is 0 Å². The Kier molecular flexibility index (Phi) is 4.32. The van der Waals surface area contributed by atoms with Crippen LogP contribution in [0.1, 0.15) is 10.4 Å². The van der Waals surface area contributed by atoms with Gasteiger partial charge in [0.1, 0.15) is 5.75 Å². The minimum Gasteiger partial charge on any atom is -0.495 e. The number of aromatic nitrogens is 1. The molecule has 1 fully saturated rings.